The van der Waals surface area contributed by atoms with Crippen molar-refractivity contribution in [3.63, 3.8) is 0 Å². The van der Waals surface area contributed by atoms with Gasteiger partial charge in [-0.3, -0.25) is 9.59 Å². The highest BCUT2D eigenvalue weighted by Gasteiger charge is 2.19. The SMILES string of the molecule is C=C(C(=O)c1ccc2c(c1)NC(=O)CO2)N(C)C. The maximum atomic E-state index is 12.1. The number of fused-ring (bicyclic) bond motifs is 1. The van der Waals surface area contributed by atoms with Crippen LogP contribution < -0.4 is 10.1 Å². The molecule has 0 bridgehead atoms. The molecule has 1 heterocycles. The first-order valence-corrected chi connectivity index (χ1v) is 5.46. The number of nitrogens with one attached hydrogen (secondary N) is 1. The minimum atomic E-state index is -0.224. The molecule has 1 N–H and O–H groups in total. The smallest absolute Gasteiger partial charge is 0.262 e. The van der Waals surface area contributed by atoms with E-state index in [0.29, 0.717) is 22.7 Å². The average Bonchev–Trinajstić information content (AvgIpc) is 2.35. The molecule has 0 unspecified atom stereocenters. The Labute approximate surface area is 105 Å². The summed E-state index contributed by atoms with van der Waals surface area (Å²) in [6.07, 6.45) is 0. The van der Waals surface area contributed by atoms with Gasteiger partial charge in [0, 0.05) is 19.7 Å². The molecule has 0 aromatic heterocycles. The van der Waals surface area contributed by atoms with Crippen LogP contribution in [0.15, 0.2) is 30.5 Å². The summed E-state index contributed by atoms with van der Waals surface area (Å²) in [4.78, 5) is 24.9. The second kappa shape index (κ2) is 4.52. The molecule has 18 heavy (non-hydrogen) atoms. The first kappa shape index (κ1) is 12.2. The van der Waals surface area contributed by atoms with Crippen LogP contribution in [0.2, 0.25) is 0 Å². The molecule has 94 valence electrons. The third-order valence-electron chi connectivity index (χ3n) is 2.68. The van der Waals surface area contributed by atoms with E-state index < -0.39 is 0 Å². The number of carbonyl (C=O) groups is 2. The zero-order chi connectivity index (χ0) is 13.3. The number of benzene rings is 1. The molecule has 0 radical (unpaired) electrons. The normalized spacial score (nSPS) is 13.1. The number of amides is 1. The quantitative estimate of drug-likeness (QED) is 0.644. The zero-order valence-corrected chi connectivity index (χ0v) is 10.3. The maximum Gasteiger partial charge on any atom is 0.262 e. The highest BCUT2D eigenvalue weighted by Crippen LogP contribution is 2.29. The predicted molar refractivity (Wildman–Crippen MR) is 67.7 cm³/mol. The summed E-state index contributed by atoms with van der Waals surface area (Å²) in [5.41, 5.74) is 1.37. The Balaban J connectivity index is 2.31. The monoisotopic (exact) mass is 246 g/mol. The number of carbonyl (C=O) groups excluding carboxylic acids is 2. The van der Waals surface area contributed by atoms with E-state index in [4.69, 9.17) is 4.74 Å². The van der Waals surface area contributed by atoms with E-state index in [0.717, 1.165) is 0 Å². The number of rotatable bonds is 3. The third kappa shape index (κ3) is 2.20. The molecule has 5 heteroatoms. The van der Waals surface area contributed by atoms with Crippen molar-refractivity contribution in [2.24, 2.45) is 0 Å². The van der Waals surface area contributed by atoms with Crippen LogP contribution in [0.5, 0.6) is 5.75 Å². The molecule has 2 rings (SSSR count). The van der Waals surface area contributed by atoms with Crippen molar-refractivity contribution in [2.45, 2.75) is 0 Å². The Hall–Kier alpha value is -2.30. The van der Waals surface area contributed by atoms with Gasteiger partial charge in [0.1, 0.15) is 5.75 Å². The van der Waals surface area contributed by atoms with E-state index in [1.807, 2.05) is 0 Å². The topological polar surface area (TPSA) is 58.6 Å². The van der Waals surface area contributed by atoms with E-state index in [1.165, 1.54) is 0 Å². The molecule has 0 saturated carbocycles. The number of allylic oxidation sites excluding steroid dienone is 1. The summed E-state index contributed by atoms with van der Waals surface area (Å²) >= 11 is 0. The van der Waals surface area contributed by atoms with Crippen molar-refractivity contribution in [1.82, 2.24) is 4.90 Å². The lowest BCUT2D eigenvalue weighted by Crippen LogP contribution is -2.26. The van der Waals surface area contributed by atoms with E-state index in [1.54, 1.807) is 37.2 Å². The van der Waals surface area contributed by atoms with Crippen molar-refractivity contribution in [2.75, 3.05) is 26.0 Å². The molecule has 1 amide bonds. The van der Waals surface area contributed by atoms with Crippen LogP contribution in [0.3, 0.4) is 0 Å². The van der Waals surface area contributed by atoms with Gasteiger partial charge >= 0.3 is 0 Å². The Morgan fingerprint density at radius 3 is 2.83 bits per heavy atom. The van der Waals surface area contributed by atoms with Crippen LogP contribution in [0.4, 0.5) is 5.69 Å². The summed E-state index contributed by atoms with van der Waals surface area (Å²) in [5.74, 6) is 0.169. The van der Waals surface area contributed by atoms with Gasteiger partial charge in [-0.15, -0.1) is 0 Å². The van der Waals surface area contributed by atoms with Gasteiger partial charge in [-0.05, 0) is 18.2 Å². The molecule has 1 aromatic rings. The summed E-state index contributed by atoms with van der Waals surface area (Å²) in [7, 11) is 3.51. The lowest BCUT2D eigenvalue weighted by molar-refractivity contribution is -0.118. The molecule has 0 spiro atoms. The average molecular weight is 246 g/mol. The van der Waals surface area contributed by atoms with Crippen LogP contribution in [0.25, 0.3) is 0 Å². The fourth-order valence-electron chi connectivity index (χ4n) is 1.59. The lowest BCUT2D eigenvalue weighted by atomic mass is 10.1. The van der Waals surface area contributed by atoms with Crippen LogP contribution in [-0.2, 0) is 4.79 Å². The Morgan fingerprint density at radius 1 is 1.44 bits per heavy atom. The highest BCUT2D eigenvalue weighted by atomic mass is 16.5. The molecular weight excluding hydrogens is 232 g/mol. The maximum absolute atomic E-state index is 12.1. The Bertz CT molecular complexity index is 535. The van der Waals surface area contributed by atoms with Crippen molar-refractivity contribution in [3.05, 3.63) is 36.0 Å². The van der Waals surface area contributed by atoms with Crippen LogP contribution in [0.1, 0.15) is 10.4 Å². The molecular formula is C13H14N2O3. The minimum absolute atomic E-state index is 0.00466. The molecule has 0 aliphatic carbocycles. The number of ether oxygens (including phenoxy) is 1. The summed E-state index contributed by atoms with van der Waals surface area (Å²) in [5, 5.41) is 2.66. The standard InChI is InChI=1S/C13H14N2O3/c1-8(15(2)3)13(17)9-4-5-11-10(6-9)14-12(16)7-18-11/h4-6H,1,7H2,2-3H3,(H,14,16). The Morgan fingerprint density at radius 2 is 2.17 bits per heavy atom. The van der Waals surface area contributed by atoms with Gasteiger partial charge in [0.05, 0.1) is 11.4 Å². The van der Waals surface area contributed by atoms with Gasteiger partial charge in [0.15, 0.2) is 6.61 Å². The number of nitrogens with zero attached hydrogens (tertiary/aromatic N) is 1. The molecule has 1 aromatic carbocycles. The number of hydrogen-bond donors (Lipinski definition) is 1. The van der Waals surface area contributed by atoms with Gasteiger partial charge in [-0.1, -0.05) is 6.58 Å². The van der Waals surface area contributed by atoms with Crippen molar-refractivity contribution < 1.29 is 14.3 Å². The first-order valence-electron chi connectivity index (χ1n) is 5.46. The largest absolute Gasteiger partial charge is 0.482 e. The van der Waals surface area contributed by atoms with Crippen molar-refractivity contribution in [1.29, 1.82) is 0 Å². The van der Waals surface area contributed by atoms with Gasteiger partial charge in [0.25, 0.3) is 5.91 Å². The molecule has 0 fully saturated rings. The number of hydrogen-bond acceptors (Lipinski definition) is 4. The Kier molecular flexibility index (Phi) is 3.06. The summed E-state index contributed by atoms with van der Waals surface area (Å²) < 4.78 is 5.22. The highest BCUT2D eigenvalue weighted by molar-refractivity contribution is 6.09. The molecule has 1 aliphatic heterocycles. The van der Waals surface area contributed by atoms with E-state index in [2.05, 4.69) is 11.9 Å². The van der Waals surface area contributed by atoms with Crippen LogP contribution in [0, 0.1) is 0 Å². The fraction of sp³-hybridized carbons (Fsp3) is 0.231. The zero-order valence-electron chi connectivity index (χ0n) is 10.3. The predicted octanol–water partition coefficient (Wildman–Crippen LogP) is 1.28. The van der Waals surface area contributed by atoms with Gasteiger partial charge in [-0.2, -0.15) is 0 Å². The number of anilines is 1. The van der Waals surface area contributed by atoms with Crippen molar-refractivity contribution >= 4 is 17.4 Å². The molecule has 0 saturated heterocycles. The summed E-state index contributed by atoms with van der Waals surface area (Å²) in [6, 6.07) is 4.93. The minimum Gasteiger partial charge on any atom is -0.482 e. The van der Waals surface area contributed by atoms with Gasteiger partial charge in [-0.25, -0.2) is 0 Å². The van der Waals surface area contributed by atoms with Gasteiger partial charge < -0.3 is 15.0 Å². The lowest BCUT2D eigenvalue weighted by Gasteiger charge is -2.19. The first-order chi connectivity index (χ1) is 8.49. The molecule has 1 aliphatic rings. The number of Topliss-reactive ketones (excluding diaryl/α,β-unsaturated/α-hetero) is 1. The number of likely N-dealkylation sites (N-methyl/N-ethyl adjacent to an activating group) is 1. The number of ketones is 1. The van der Waals surface area contributed by atoms with E-state index >= 15 is 0 Å². The van der Waals surface area contributed by atoms with Crippen LogP contribution in [-0.4, -0.2) is 37.3 Å². The fourth-order valence-corrected chi connectivity index (χ4v) is 1.59. The van der Waals surface area contributed by atoms with E-state index in [-0.39, 0.29) is 18.3 Å². The second-order valence-corrected chi connectivity index (χ2v) is 4.22. The molecule has 0 atom stereocenters. The van der Waals surface area contributed by atoms with Gasteiger partial charge in [0.2, 0.25) is 5.78 Å². The third-order valence-corrected chi connectivity index (χ3v) is 2.68. The van der Waals surface area contributed by atoms with Crippen LogP contribution >= 0.6 is 0 Å². The molecule has 5 nitrogen and oxygen atoms in total. The second-order valence-electron chi connectivity index (χ2n) is 4.22. The van der Waals surface area contributed by atoms with E-state index in [9.17, 15) is 9.59 Å². The van der Waals surface area contributed by atoms with Crippen molar-refractivity contribution in [3.8, 4) is 5.75 Å². The summed E-state index contributed by atoms with van der Waals surface area (Å²) in [6.45, 7) is 3.72.